The third kappa shape index (κ3) is 5.74. The Morgan fingerprint density at radius 2 is 2.03 bits per heavy atom. The van der Waals surface area contributed by atoms with Gasteiger partial charge < -0.3 is 19.4 Å². The molecule has 0 aromatic carbocycles. The molecule has 0 spiro atoms. The van der Waals surface area contributed by atoms with Crippen LogP contribution in [0.3, 0.4) is 0 Å². The minimum Gasteiger partial charge on any atom is -0.464 e. The number of alkyl carbamates (subject to hydrolysis) is 1. The number of nitrogens with zero attached hydrogens (tertiary/aromatic N) is 3. The Hall–Kier alpha value is -2.64. The first-order chi connectivity index (χ1) is 14.6. The van der Waals surface area contributed by atoms with Crippen molar-refractivity contribution in [1.29, 1.82) is 0 Å². The van der Waals surface area contributed by atoms with Crippen molar-refractivity contribution in [2.75, 3.05) is 7.11 Å². The van der Waals surface area contributed by atoms with Crippen LogP contribution in [-0.2, 0) is 15.9 Å². The Morgan fingerprint density at radius 1 is 1.29 bits per heavy atom. The molecule has 2 atom stereocenters. The Bertz CT molecular complexity index is 945. The number of fused-ring (bicyclic) bond motifs is 1. The van der Waals surface area contributed by atoms with E-state index in [1.807, 2.05) is 20.8 Å². The molecule has 2 heterocycles. The van der Waals surface area contributed by atoms with E-state index in [2.05, 4.69) is 28.7 Å². The van der Waals surface area contributed by atoms with E-state index >= 15 is 0 Å². The molecule has 31 heavy (non-hydrogen) atoms. The Balaban J connectivity index is 1.91. The number of carbonyl (C=O) groups excluding carboxylic acids is 2. The molecule has 0 saturated heterocycles. The molecule has 2 aromatic rings. The average Bonchev–Trinajstić information content (AvgIpc) is 3.02. The lowest BCUT2D eigenvalue weighted by Crippen LogP contribution is -2.41. The first-order valence-electron chi connectivity index (χ1n) is 11.0. The van der Waals surface area contributed by atoms with Crippen molar-refractivity contribution in [3.8, 4) is 0 Å². The van der Waals surface area contributed by atoms with E-state index < -0.39 is 11.6 Å². The predicted molar refractivity (Wildman–Crippen MR) is 118 cm³/mol. The van der Waals surface area contributed by atoms with Crippen molar-refractivity contribution in [2.45, 2.75) is 84.4 Å². The second-order valence-corrected chi connectivity index (χ2v) is 9.71. The summed E-state index contributed by atoms with van der Waals surface area (Å²) in [5.74, 6) is 0.952. The summed E-state index contributed by atoms with van der Waals surface area (Å²) in [6.07, 6.45) is 5.75. The fourth-order valence-corrected chi connectivity index (χ4v) is 4.19. The highest BCUT2D eigenvalue weighted by molar-refractivity contribution is 5.91. The van der Waals surface area contributed by atoms with Crippen LogP contribution in [0, 0.1) is 5.92 Å². The van der Waals surface area contributed by atoms with Crippen LogP contribution in [0.4, 0.5) is 4.79 Å². The van der Waals surface area contributed by atoms with Gasteiger partial charge in [-0.2, -0.15) is 0 Å². The van der Waals surface area contributed by atoms with E-state index in [0.29, 0.717) is 5.92 Å². The average molecular weight is 431 g/mol. The zero-order chi connectivity index (χ0) is 22.8. The minimum absolute atomic E-state index is 0.0277. The smallest absolute Gasteiger partial charge is 0.407 e. The van der Waals surface area contributed by atoms with E-state index in [0.717, 1.165) is 49.0 Å². The lowest BCUT2D eigenvalue weighted by molar-refractivity contribution is 0.0485. The molecule has 1 fully saturated rings. The normalized spacial score (nSPS) is 19.5. The highest BCUT2D eigenvalue weighted by atomic mass is 16.6. The molecule has 1 aliphatic carbocycles. The molecule has 8 nitrogen and oxygen atoms in total. The number of methoxy groups -OCH3 is 1. The van der Waals surface area contributed by atoms with Gasteiger partial charge in [0.1, 0.15) is 16.9 Å². The standard InChI is InChI=1S/C23H34N4O4/c1-14(2)10-20-26-18-13-24-17(21(28)30-6)12-19(18)27(20)16-9-7-8-15(11-16)25-22(29)31-23(3,4)5/h12-16H,7-11H2,1-6H3,(H,25,29)/t15-,16+/m0/s1. The van der Waals surface area contributed by atoms with Gasteiger partial charge in [0, 0.05) is 18.5 Å². The van der Waals surface area contributed by atoms with Gasteiger partial charge in [-0.1, -0.05) is 13.8 Å². The number of nitrogens with one attached hydrogen (secondary N) is 1. The molecular weight excluding hydrogens is 396 g/mol. The number of carbonyl (C=O) groups is 2. The summed E-state index contributed by atoms with van der Waals surface area (Å²) in [4.78, 5) is 33.4. The van der Waals surface area contributed by atoms with Gasteiger partial charge in [0.05, 0.1) is 18.8 Å². The van der Waals surface area contributed by atoms with Gasteiger partial charge in [-0.25, -0.2) is 19.6 Å². The van der Waals surface area contributed by atoms with Gasteiger partial charge in [-0.15, -0.1) is 0 Å². The number of hydrogen-bond acceptors (Lipinski definition) is 6. The lowest BCUT2D eigenvalue weighted by Gasteiger charge is -2.32. The fraction of sp³-hybridized carbons (Fsp3) is 0.652. The van der Waals surface area contributed by atoms with Crippen LogP contribution in [0.5, 0.6) is 0 Å². The SMILES string of the molecule is COC(=O)c1cc2c(cn1)nc(CC(C)C)n2[C@@H]1CCC[C@H](NC(=O)OC(C)(C)C)C1. The largest absolute Gasteiger partial charge is 0.464 e. The quantitative estimate of drug-likeness (QED) is 0.705. The van der Waals surface area contributed by atoms with Crippen LogP contribution in [0.15, 0.2) is 12.3 Å². The van der Waals surface area contributed by atoms with E-state index in [1.165, 1.54) is 7.11 Å². The number of ether oxygens (including phenoxy) is 2. The summed E-state index contributed by atoms with van der Waals surface area (Å²) in [5, 5.41) is 3.03. The van der Waals surface area contributed by atoms with E-state index in [-0.39, 0.29) is 23.9 Å². The molecule has 170 valence electrons. The third-order valence-corrected chi connectivity index (χ3v) is 5.37. The number of pyridine rings is 1. The molecule has 0 unspecified atom stereocenters. The molecule has 2 aromatic heterocycles. The second kappa shape index (κ2) is 9.24. The zero-order valence-corrected chi connectivity index (χ0v) is 19.4. The number of aromatic nitrogens is 3. The maximum atomic E-state index is 12.3. The maximum Gasteiger partial charge on any atom is 0.407 e. The van der Waals surface area contributed by atoms with Crippen LogP contribution < -0.4 is 5.32 Å². The highest BCUT2D eigenvalue weighted by Crippen LogP contribution is 2.34. The van der Waals surface area contributed by atoms with Crippen LogP contribution in [0.2, 0.25) is 0 Å². The third-order valence-electron chi connectivity index (χ3n) is 5.37. The van der Waals surface area contributed by atoms with Gasteiger partial charge >= 0.3 is 12.1 Å². The van der Waals surface area contributed by atoms with Gasteiger partial charge in [0.2, 0.25) is 0 Å². The number of esters is 1. The molecule has 3 rings (SSSR count). The van der Waals surface area contributed by atoms with E-state index in [1.54, 1.807) is 12.3 Å². The summed E-state index contributed by atoms with van der Waals surface area (Å²) in [6.45, 7) is 9.90. The van der Waals surface area contributed by atoms with Crippen molar-refractivity contribution in [2.24, 2.45) is 5.92 Å². The molecule has 8 heteroatoms. The fourth-order valence-electron chi connectivity index (χ4n) is 4.19. The lowest BCUT2D eigenvalue weighted by atomic mass is 9.90. The van der Waals surface area contributed by atoms with Crippen molar-refractivity contribution in [3.63, 3.8) is 0 Å². The molecule has 0 bridgehead atoms. The van der Waals surface area contributed by atoms with Crippen molar-refractivity contribution in [1.82, 2.24) is 19.9 Å². The van der Waals surface area contributed by atoms with Crippen LogP contribution in [0.1, 0.15) is 82.7 Å². The van der Waals surface area contributed by atoms with Crippen LogP contribution in [-0.4, -0.2) is 45.4 Å². The Kier molecular flexibility index (Phi) is 6.86. The van der Waals surface area contributed by atoms with E-state index in [4.69, 9.17) is 14.5 Å². The molecule has 1 aliphatic rings. The minimum atomic E-state index is -0.527. The topological polar surface area (TPSA) is 95.3 Å². The van der Waals surface area contributed by atoms with Gasteiger partial charge in [0.15, 0.2) is 5.69 Å². The predicted octanol–water partition coefficient (Wildman–Crippen LogP) is 4.42. The second-order valence-electron chi connectivity index (χ2n) is 9.71. The van der Waals surface area contributed by atoms with Gasteiger partial charge in [0.25, 0.3) is 0 Å². The molecule has 1 saturated carbocycles. The summed E-state index contributed by atoms with van der Waals surface area (Å²) in [7, 11) is 1.35. The summed E-state index contributed by atoms with van der Waals surface area (Å²) in [5.41, 5.74) is 1.39. The van der Waals surface area contributed by atoms with Gasteiger partial charge in [-0.3, -0.25) is 0 Å². The highest BCUT2D eigenvalue weighted by Gasteiger charge is 2.29. The summed E-state index contributed by atoms with van der Waals surface area (Å²) >= 11 is 0. The first kappa shape index (κ1) is 23.0. The number of imidazole rings is 1. The summed E-state index contributed by atoms with van der Waals surface area (Å²) in [6, 6.07) is 1.96. The molecular formula is C23H34N4O4. The number of hydrogen-bond donors (Lipinski definition) is 1. The maximum absolute atomic E-state index is 12.3. The van der Waals surface area contributed by atoms with Gasteiger partial charge in [-0.05, 0) is 58.4 Å². The van der Waals surface area contributed by atoms with Crippen LogP contribution >= 0.6 is 0 Å². The Labute approximate surface area is 183 Å². The monoisotopic (exact) mass is 430 g/mol. The number of amides is 1. The zero-order valence-electron chi connectivity index (χ0n) is 19.4. The van der Waals surface area contributed by atoms with Crippen molar-refractivity contribution >= 4 is 23.1 Å². The molecule has 0 aliphatic heterocycles. The molecule has 1 amide bonds. The Morgan fingerprint density at radius 3 is 2.68 bits per heavy atom. The molecule has 0 radical (unpaired) electrons. The first-order valence-corrected chi connectivity index (χ1v) is 11.0. The summed E-state index contributed by atoms with van der Waals surface area (Å²) < 4.78 is 12.5. The van der Waals surface area contributed by atoms with Crippen LogP contribution in [0.25, 0.3) is 11.0 Å². The number of rotatable bonds is 5. The molecule has 1 N–H and O–H groups in total. The van der Waals surface area contributed by atoms with Crippen molar-refractivity contribution < 1.29 is 19.1 Å². The van der Waals surface area contributed by atoms with Crippen molar-refractivity contribution in [3.05, 3.63) is 23.8 Å². The van der Waals surface area contributed by atoms with E-state index in [9.17, 15) is 9.59 Å².